The summed E-state index contributed by atoms with van der Waals surface area (Å²) in [5.74, 6) is 0.208. The first-order valence-electron chi connectivity index (χ1n) is 2.21. The summed E-state index contributed by atoms with van der Waals surface area (Å²) in [6.45, 7) is 3.97. The van der Waals surface area contributed by atoms with Crippen molar-refractivity contribution in [2.24, 2.45) is 5.73 Å². The summed E-state index contributed by atoms with van der Waals surface area (Å²) < 4.78 is 4.95. The van der Waals surface area contributed by atoms with Crippen LogP contribution in [0.4, 0.5) is 0 Å². The van der Waals surface area contributed by atoms with Gasteiger partial charge in [-0.15, -0.1) is 0 Å². The lowest BCUT2D eigenvalue weighted by Crippen LogP contribution is -2.11. The molecule has 0 saturated heterocycles. The molecule has 44 valence electrons. The SMILES string of the molecule is COP(C)C(C)N. The van der Waals surface area contributed by atoms with Crippen LogP contribution in [-0.2, 0) is 4.52 Å². The Morgan fingerprint density at radius 2 is 2.14 bits per heavy atom. The first-order valence-corrected chi connectivity index (χ1v) is 3.98. The molecule has 0 aliphatic carbocycles. The molecule has 0 aliphatic heterocycles. The highest BCUT2D eigenvalue weighted by Crippen LogP contribution is 2.33. The van der Waals surface area contributed by atoms with Gasteiger partial charge in [0, 0.05) is 21.0 Å². The third kappa shape index (κ3) is 2.98. The lowest BCUT2D eigenvalue weighted by atomic mass is 10.8. The van der Waals surface area contributed by atoms with Crippen molar-refractivity contribution in [2.45, 2.75) is 12.7 Å². The number of hydrogen-bond acceptors (Lipinski definition) is 2. The van der Waals surface area contributed by atoms with E-state index in [-0.39, 0.29) is 13.9 Å². The van der Waals surface area contributed by atoms with Gasteiger partial charge < -0.3 is 10.3 Å². The summed E-state index contributed by atoms with van der Waals surface area (Å²) in [5.41, 5.74) is 5.45. The van der Waals surface area contributed by atoms with Gasteiger partial charge in [-0.2, -0.15) is 0 Å². The van der Waals surface area contributed by atoms with E-state index in [0.717, 1.165) is 0 Å². The monoisotopic (exact) mass is 121 g/mol. The highest BCUT2D eigenvalue weighted by Gasteiger charge is 2.02. The fourth-order valence-electron chi connectivity index (χ4n) is 0.166. The zero-order valence-corrected chi connectivity index (χ0v) is 5.90. The Balaban J connectivity index is 3.14. The Morgan fingerprint density at radius 3 is 2.14 bits per heavy atom. The van der Waals surface area contributed by atoms with Gasteiger partial charge in [-0.1, -0.05) is 0 Å². The molecule has 0 amide bonds. The summed E-state index contributed by atoms with van der Waals surface area (Å²) in [6.07, 6.45) is 0. The summed E-state index contributed by atoms with van der Waals surface area (Å²) in [4.78, 5) is 0. The molecule has 0 rings (SSSR count). The van der Waals surface area contributed by atoms with Gasteiger partial charge in [-0.3, -0.25) is 0 Å². The third-order valence-corrected chi connectivity index (χ3v) is 2.58. The van der Waals surface area contributed by atoms with Crippen LogP contribution < -0.4 is 5.73 Å². The second-order valence-electron chi connectivity index (χ2n) is 1.47. The van der Waals surface area contributed by atoms with E-state index < -0.39 is 0 Å². The minimum atomic E-state index is -0.360. The van der Waals surface area contributed by atoms with Crippen LogP contribution in [0.2, 0.25) is 0 Å². The van der Waals surface area contributed by atoms with Crippen LogP contribution >= 0.6 is 8.15 Å². The number of rotatable bonds is 2. The predicted molar refractivity (Wildman–Crippen MR) is 33.5 cm³/mol. The zero-order chi connectivity index (χ0) is 5.86. The Labute approximate surface area is 45.9 Å². The molecule has 0 aromatic carbocycles. The molecule has 0 spiro atoms. The van der Waals surface area contributed by atoms with Crippen molar-refractivity contribution in [2.75, 3.05) is 13.8 Å². The fraction of sp³-hybridized carbons (Fsp3) is 1.00. The van der Waals surface area contributed by atoms with E-state index in [1.54, 1.807) is 7.11 Å². The van der Waals surface area contributed by atoms with Crippen molar-refractivity contribution in [1.29, 1.82) is 0 Å². The maximum Gasteiger partial charge on any atom is 0.0459 e. The van der Waals surface area contributed by atoms with Crippen LogP contribution in [0.5, 0.6) is 0 Å². The molecular formula is C4H12NOP. The van der Waals surface area contributed by atoms with Gasteiger partial charge in [0.2, 0.25) is 0 Å². The summed E-state index contributed by atoms with van der Waals surface area (Å²) in [6, 6.07) is 0. The zero-order valence-electron chi connectivity index (χ0n) is 5.01. The van der Waals surface area contributed by atoms with Gasteiger partial charge in [0.15, 0.2) is 0 Å². The molecule has 2 N–H and O–H groups in total. The highest BCUT2D eigenvalue weighted by molar-refractivity contribution is 7.52. The third-order valence-electron chi connectivity index (χ3n) is 0.862. The maximum atomic E-state index is 5.45. The second kappa shape index (κ2) is 3.36. The molecule has 0 radical (unpaired) electrons. The van der Waals surface area contributed by atoms with Gasteiger partial charge in [-0.05, 0) is 13.6 Å². The average Bonchev–Trinajstić information content (AvgIpc) is 1.65. The van der Waals surface area contributed by atoms with Crippen molar-refractivity contribution >= 4 is 8.15 Å². The highest BCUT2D eigenvalue weighted by atomic mass is 31.1. The Bertz CT molecular complexity index is 49.0. The topological polar surface area (TPSA) is 35.2 Å². The second-order valence-corrected chi connectivity index (χ2v) is 3.74. The quantitative estimate of drug-likeness (QED) is 0.552. The minimum Gasteiger partial charge on any atom is -0.361 e. The largest absolute Gasteiger partial charge is 0.361 e. The van der Waals surface area contributed by atoms with Crippen LogP contribution in [0, 0.1) is 0 Å². The molecule has 3 heteroatoms. The van der Waals surface area contributed by atoms with Gasteiger partial charge >= 0.3 is 0 Å². The van der Waals surface area contributed by atoms with Crippen LogP contribution in [0.1, 0.15) is 6.92 Å². The molecule has 2 nitrogen and oxygen atoms in total. The lowest BCUT2D eigenvalue weighted by Gasteiger charge is -2.11. The van der Waals surface area contributed by atoms with E-state index in [1.165, 1.54) is 0 Å². The minimum absolute atomic E-state index is 0.208. The van der Waals surface area contributed by atoms with Crippen molar-refractivity contribution < 1.29 is 4.52 Å². The first kappa shape index (κ1) is 7.35. The smallest absolute Gasteiger partial charge is 0.0459 e. The summed E-state index contributed by atoms with van der Waals surface area (Å²) in [5, 5.41) is 0. The van der Waals surface area contributed by atoms with Crippen LogP contribution in [0.3, 0.4) is 0 Å². The van der Waals surface area contributed by atoms with E-state index in [0.29, 0.717) is 0 Å². The van der Waals surface area contributed by atoms with Gasteiger partial charge in [-0.25, -0.2) is 0 Å². The molecule has 2 unspecified atom stereocenters. The Morgan fingerprint density at radius 1 is 1.71 bits per heavy atom. The van der Waals surface area contributed by atoms with E-state index in [4.69, 9.17) is 10.3 Å². The van der Waals surface area contributed by atoms with Gasteiger partial charge in [0.25, 0.3) is 0 Å². The Kier molecular flexibility index (Phi) is 3.53. The molecular weight excluding hydrogens is 109 g/mol. The normalized spacial score (nSPS) is 18.9. The van der Waals surface area contributed by atoms with Crippen LogP contribution in [0.15, 0.2) is 0 Å². The Hall–Kier alpha value is 0.350. The molecule has 2 atom stereocenters. The van der Waals surface area contributed by atoms with Crippen molar-refractivity contribution in [1.82, 2.24) is 0 Å². The molecule has 0 bridgehead atoms. The number of nitrogens with two attached hydrogens (primary N) is 1. The van der Waals surface area contributed by atoms with Crippen molar-refractivity contribution in [3.05, 3.63) is 0 Å². The fourth-order valence-corrected chi connectivity index (χ4v) is 0.499. The maximum absolute atomic E-state index is 5.45. The molecule has 7 heavy (non-hydrogen) atoms. The average molecular weight is 121 g/mol. The predicted octanol–water partition coefficient (Wildman–Crippen LogP) is 0.964. The van der Waals surface area contributed by atoms with Crippen molar-refractivity contribution in [3.8, 4) is 0 Å². The molecule has 0 aromatic rings. The van der Waals surface area contributed by atoms with E-state index in [1.807, 2.05) is 13.6 Å². The van der Waals surface area contributed by atoms with E-state index >= 15 is 0 Å². The van der Waals surface area contributed by atoms with E-state index in [2.05, 4.69) is 0 Å². The standard InChI is InChI=1S/C4H12NOP/c1-4(5)7(3)6-2/h4H,5H2,1-3H3. The lowest BCUT2D eigenvalue weighted by molar-refractivity contribution is 0.458. The summed E-state index contributed by atoms with van der Waals surface area (Å²) >= 11 is 0. The molecule has 0 aromatic heterocycles. The van der Waals surface area contributed by atoms with Gasteiger partial charge in [0.1, 0.15) is 0 Å². The molecule has 0 fully saturated rings. The molecule has 0 aliphatic rings. The molecule has 0 saturated carbocycles. The van der Waals surface area contributed by atoms with Crippen LogP contribution in [-0.4, -0.2) is 19.6 Å². The van der Waals surface area contributed by atoms with E-state index in [9.17, 15) is 0 Å². The first-order chi connectivity index (χ1) is 3.18. The van der Waals surface area contributed by atoms with Gasteiger partial charge in [0.05, 0.1) is 0 Å². The van der Waals surface area contributed by atoms with Crippen molar-refractivity contribution in [3.63, 3.8) is 0 Å². The number of hydrogen-bond donors (Lipinski definition) is 1. The van der Waals surface area contributed by atoms with Crippen LogP contribution in [0.25, 0.3) is 0 Å². The molecule has 0 heterocycles. The summed E-state index contributed by atoms with van der Waals surface area (Å²) in [7, 11) is 1.33.